The van der Waals surface area contributed by atoms with Crippen LogP contribution in [0.15, 0.2) is 27.8 Å². The molecule has 0 spiro atoms. The van der Waals surface area contributed by atoms with Crippen LogP contribution >= 0.6 is 23.5 Å². The molecule has 0 radical (unpaired) electrons. The lowest BCUT2D eigenvalue weighted by molar-refractivity contribution is -0.403. The van der Waals surface area contributed by atoms with E-state index in [1.54, 1.807) is 18.0 Å². The van der Waals surface area contributed by atoms with Crippen molar-refractivity contribution in [3.05, 3.63) is 45.0 Å². The van der Waals surface area contributed by atoms with Crippen LogP contribution in [-0.2, 0) is 12.3 Å². The number of furan rings is 1. The quantitative estimate of drug-likeness (QED) is 0.409. The maximum Gasteiger partial charge on any atom is 0.263 e. The van der Waals surface area contributed by atoms with Crippen molar-refractivity contribution in [3.63, 3.8) is 0 Å². The number of nitrogens with zero attached hydrogens (tertiary/aromatic N) is 1. The van der Waals surface area contributed by atoms with Crippen molar-refractivity contribution >= 4 is 23.5 Å². The highest BCUT2D eigenvalue weighted by atomic mass is 32.2. The Morgan fingerprint density at radius 1 is 1.58 bits per heavy atom. The molecular weight excluding hydrogens is 286 g/mol. The van der Waals surface area contributed by atoms with E-state index < -0.39 is 4.92 Å². The summed E-state index contributed by atoms with van der Waals surface area (Å²) in [5.41, 5.74) is 5.45. The SMILES string of the molecule is CSC(=C[N+](=O)[O-])NCCSCc1ccc(CN)o1. The van der Waals surface area contributed by atoms with Crippen LogP contribution < -0.4 is 11.1 Å². The molecule has 0 saturated heterocycles. The van der Waals surface area contributed by atoms with Crippen LogP contribution in [0, 0.1) is 10.1 Å². The Kier molecular flexibility index (Phi) is 7.46. The number of hydrogen-bond acceptors (Lipinski definition) is 7. The van der Waals surface area contributed by atoms with Crippen LogP contribution in [0.25, 0.3) is 0 Å². The van der Waals surface area contributed by atoms with Crippen LogP contribution in [-0.4, -0.2) is 23.5 Å². The van der Waals surface area contributed by atoms with Crippen LogP contribution in [0.1, 0.15) is 11.5 Å². The summed E-state index contributed by atoms with van der Waals surface area (Å²) < 4.78 is 5.46. The van der Waals surface area contributed by atoms with Crippen molar-refractivity contribution in [2.75, 3.05) is 18.6 Å². The Hall–Kier alpha value is -1.12. The molecule has 0 aliphatic heterocycles. The summed E-state index contributed by atoms with van der Waals surface area (Å²) in [6.07, 6.45) is 2.78. The van der Waals surface area contributed by atoms with Crippen molar-refractivity contribution in [1.29, 1.82) is 0 Å². The predicted molar refractivity (Wildman–Crippen MR) is 79.4 cm³/mol. The largest absolute Gasteiger partial charge is 0.464 e. The van der Waals surface area contributed by atoms with Gasteiger partial charge >= 0.3 is 0 Å². The van der Waals surface area contributed by atoms with E-state index >= 15 is 0 Å². The van der Waals surface area contributed by atoms with Crippen molar-refractivity contribution in [3.8, 4) is 0 Å². The molecule has 1 aromatic heterocycles. The van der Waals surface area contributed by atoms with Gasteiger partial charge in [-0.15, -0.1) is 11.8 Å². The molecule has 0 unspecified atom stereocenters. The first-order valence-corrected chi connectivity index (χ1v) is 8.02. The number of rotatable bonds is 9. The molecule has 0 saturated carbocycles. The molecule has 1 heterocycles. The summed E-state index contributed by atoms with van der Waals surface area (Å²) in [6.45, 7) is 1.09. The van der Waals surface area contributed by atoms with Gasteiger partial charge < -0.3 is 15.5 Å². The van der Waals surface area contributed by atoms with Gasteiger partial charge in [-0.25, -0.2) is 0 Å². The zero-order valence-corrected chi connectivity index (χ0v) is 12.3. The van der Waals surface area contributed by atoms with Gasteiger partial charge in [0.25, 0.3) is 6.20 Å². The lowest BCUT2D eigenvalue weighted by Gasteiger charge is -2.05. The number of thioether (sulfide) groups is 2. The van der Waals surface area contributed by atoms with Crippen LogP contribution in [0.5, 0.6) is 0 Å². The minimum absolute atomic E-state index is 0.412. The van der Waals surface area contributed by atoms with E-state index in [-0.39, 0.29) is 0 Å². The molecule has 19 heavy (non-hydrogen) atoms. The van der Waals surface area contributed by atoms with Gasteiger partial charge in [-0.1, -0.05) is 0 Å². The first kappa shape index (κ1) is 15.9. The van der Waals surface area contributed by atoms with Crippen molar-refractivity contribution < 1.29 is 9.34 Å². The second kappa shape index (κ2) is 8.89. The summed E-state index contributed by atoms with van der Waals surface area (Å²) in [7, 11) is 0. The fraction of sp³-hybridized carbons (Fsp3) is 0.455. The zero-order valence-electron chi connectivity index (χ0n) is 10.6. The first-order chi connectivity index (χ1) is 9.15. The molecule has 3 N–H and O–H groups in total. The molecule has 0 bridgehead atoms. The van der Waals surface area contributed by atoms with Gasteiger partial charge in [-0.05, 0) is 18.4 Å². The van der Waals surface area contributed by atoms with E-state index in [4.69, 9.17) is 10.2 Å². The van der Waals surface area contributed by atoms with E-state index in [9.17, 15) is 10.1 Å². The molecule has 0 fully saturated rings. The molecule has 0 amide bonds. The smallest absolute Gasteiger partial charge is 0.263 e. The lowest BCUT2D eigenvalue weighted by Crippen LogP contribution is -2.15. The summed E-state index contributed by atoms with van der Waals surface area (Å²) in [4.78, 5) is 9.87. The standard InChI is InChI=1S/C11H17N3O3S2/c1-18-11(7-14(15)16)13-4-5-19-8-10-3-2-9(6-12)17-10/h2-3,7,13H,4-6,8,12H2,1H3. The Morgan fingerprint density at radius 2 is 2.32 bits per heavy atom. The van der Waals surface area contributed by atoms with Gasteiger partial charge in [0.05, 0.1) is 17.2 Å². The molecule has 6 nitrogen and oxygen atoms in total. The summed E-state index contributed by atoms with van der Waals surface area (Å²) >= 11 is 3.02. The van der Waals surface area contributed by atoms with Crippen LogP contribution in [0.3, 0.4) is 0 Å². The van der Waals surface area contributed by atoms with Gasteiger partial charge in [0.1, 0.15) is 16.5 Å². The lowest BCUT2D eigenvalue weighted by atomic mass is 10.4. The van der Waals surface area contributed by atoms with Crippen molar-refractivity contribution in [2.24, 2.45) is 5.73 Å². The fourth-order valence-electron chi connectivity index (χ4n) is 1.30. The van der Waals surface area contributed by atoms with E-state index in [0.29, 0.717) is 18.1 Å². The van der Waals surface area contributed by atoms with Crippen molar-refractivity contribution in [1.82, 2.24) is 5.32 Å². The minimum Gasteiger partial charge on any atom is -0.464 e. The number of nitro groups is 1. The molecule has 8 heteroatoms. The van der Waals surface area contributed by atoms with Gasteiger partial charge in [0.2, 0.25) is 0 Å². The third-order valence-electron chi connectivity index (χ3n) is 2.15. The minimum atomic E-state index is -0.455. The number of nitrogens with two attached hydrogens (primary N) is 1. The molecule has 106 valence electrons. The zero-order chi connectivity index (χ0) is 14.1. The third-order valence-corrected chi connectivity index (χ3v) is 3.82. The van der Waals surface area contributed by atoms with E-state index in [1.807, 2.05) is 12.1 Å². The molecule has 0 atom stereocenters. The molecule has 1 aromatic rings. The summed E-state index contributed by atoms with van der Waals surface area (Å²) in [5, 5.41) is 13.9. The molecule has 0 aromatic carbocycles. The third kappa shape index (κ3) is 6.55. The maximum atomic E-state index is 10.3. The Morgan fingerprint density at radius 3 is 2.89 bits per heavy atom. The average molecular weight is 303 g/mol. The van der Waals surface area contributed by atoms with Crippen LogP contribution in [0.4, 0.5) is 0 Å². The first-order valence-electron chi connectivity index (χ1n) is 5.64. The Balaban J connectivity index is 2.18. The maximum absolute atomic E-state index is 10.3. The number of nitrogens with one attached hydrogen (secondary N) is 1. The molecule has 0 aliphatic carbocycles. The molecule has 1 rings (SSSR count). The summed E-state index contributed by atoms with van der Waals surface area (Å²) in [6, 6.07) is 3.79. The molecule has 0 aliphatic rings. The highest BCUT2D eigenvalue weighted by Gasteiger charge is 2.02. The normalized spacial score (nSPS) is 11.6. The fourth-order valence-corrected chi connectivity index (χ4v) is 2.48. The second-order valence-electron chi connectivity index (χ2n) is 3.53. The van der Waals surface area contributed by atoms with E-state index in [0.717, 1.165) is 29.2 Å². The monoisotopic (exact) mass is 303 g/mol. The number of hydrogen-bond donors (Lipinski definition) is 2. The van der Waals surface area contributed by atoms with Gasteiger partial charge in [-0.3, -0.25) is 10.1 Å². The van der Waals surface area contributed by atoms with Gasteiger partial charge in [0.15, 0.2) is 0 Å². The Labute approximate surface area is 120 Å². The highest BCUT2D eigenvalue weighted by molar-refractivity contribution is 8.02. The van der Waals surface area contributed by atoms with Gasteiger partial charge in [0, 0.05) is 12.3 Å². The average Bonchev–Trinajstić information content (AvgIpc) is 2.84. The van der Waals surface area contributed by atoms with Crippen LogP contribution in [0.2, 0.25) is 0 Å². The van der Waals surface area contributed by atoms with E-state index in [2.05, 4.69) is 5.32 Å². The predicted octanol–water partition coefficient (Wildman–Crippen LogP) is 2.00. The van der Waals surface area contributed by atoms with Crippen molar-refractivity contribution in [2.45, 2.75) is 12.3 Å². The topological polar surface area (TPSA) is 94.3 Å². The highest BCUT2D eigenvalue weighted by Crippen LogP contribution is 2.15. The second-order valence-corrected chi connectivity index (χ2v) is 5.49. The molecular formula is C11H17N3O3S2. The summed E-state index contributed by atoms with van der Waals surface area (Å²) in [5.74, 6) is 3.30. The van der Waals surface area contributed by atoms with Gasteiger partial charge in [-0.2, -0.15) is 11.8 Å². The van der Waals surface area contributed by atoms with E-state index in [1.165, 1.54) is 11.8 Å². The Bertz CT molecular complexity index is 435.